The number of ether oxygens (including phenoxy) is 1. The summed E-state index contributed by atoms with van der Waals surface area (Å²) in [5, 5.41) is 6.29. The van der Waals surface area contributed by atoms with E-state index >= 15 is 0 Å². The Kier molecular flexibility index (Phi) is 4.57. The molecule has 28 heavy (non-hydrogen) atoms. The average molecular weight is 377 g/mol. The largest absolute Gasteiger partial charge is 0.497 e. The number of anilines is 1. The van der Waals surface area contributed by atoms with Crippen molar-refractivity contribution in [2.75, 3.05) is 12.4 Å². The van der Waals surface area contributed by atoms with E-state index in [0.29, 0.717) is 27.9 Å². The predicted octanol–water partition coefficient (Wildman–Crippen LogP) is 2.68. The Morgan fingerprint density at radius 2 is 1.79 bits per heavy atom. The van der Waals surface area contributed by atoms with Gasteiger partial charge < -0.3 is 20.4 Å². The number of amides is 2. The van der Waals surface area contributed by atoms with Gasteiger partial charge >= 0.3 is 0 Å². The average Bonchev–Trinajstić information content (AvgIpc) is 3.51. The van der Waals surface area contributed by atoms with Crippen LogP contribution in [0.5, 0.6) is 5.75 Å². The van der Waals surface area contributed by atoms with E-state index < -0.39 is 11.5 Å². The fourth-order valence-electron chi connectivity index (χ4n) is 2.88. The summed E-state index contributed by atoms with van der Waals surface area (Å²) in [6.45, 7) is 0. The van der Waals surface area contributed by atoms with Crippen molar-refractivity contribution in [1.82, 2.24) is 10.3 Å². The lowest BCUT2D eigenvalue weighted by molar-refractivity contribution is 0.0950. The zero-order valence-electron chi connectivity index (χ0n) is 15.2. The Balaban J connectivity index is 1.53. The van der Waals surface area contributed by atoms with Gasteiger partial charge in [-0.05, 0) is 61.4 Å². The molecule has 0 bridgehead atoms. The van der Waals surface area contributed by atoms with Gasteiger partial charge in [-0.1, -0.05) is 0 Å². The number of rotatable bonds is 5. The van der Waals surface area contributed by atoms with Crippen LogP contribution in [0.1, 0.15) is 33.6 Å². The molecule has 0 atom stereocenters. The lowest BCUT2D eigenvalue weighted by Gasteiger charge is -2.08. The number of fused-ring (bicyclic) bond motifs is 1. The Bertz CT molecular complexity index is 1110. The molecule has 1 fully saturated rings. The van der Waals surface area contributed by atoms with Gasteiger partial charge in [-0.3, -0.25) is 14.4 Å². The Morgan fingerprint density at radius 1 is 1.04 bits per heavy atom. The van der Waals surface area contributed by atoms with Gasteiger partial charge in [0.05, 0.1) is 7.11 Å². The van der Waals surface area contributed by atoms with Crippen molar-refractivity contribution in [2.24, 2.45) is 0 Å². The maximum Gasteiger partial charge on any atom is 0.261 e. The van der Waals surface area contributed by atoms with Crippen LogP contribution in [0.4, 0.5) is 5.69 Å². The van der Waals surface area contributed by atoms with E-state index in [1.54, 1.807) is 49.6 Å². The minimum absolute atomic E-state index is 0.00342. The fraction of sp³-hybridized carbons (Fsp3) is 0.190. The number of carbonyl (C=O) groups excluding carboxylic acids is 2. The number of H-pyrrole nitrogens is 1. The fourth-order valence-corrected chi connectivity index (χ4v) is 2.88. The van der Waals surface area contributed by atoms with Gasteiger partial charge in [0.25, 0.3) is 17.4 Å². The molecule has 1 aromatic heterocycles. The Labute approximate surface area is 160 Å². The zero-order valence-corrected chi connectivity index (χ0v) is 15.2. The third-order valence-corrected chi connectivity index (χ3v) is 4.61. The molecule has 2 amide bonds. The van der Waals surface area contributed by atoms with Crippen LogP contribution in [0, 0.1) is 0 Å². The lowest BCUT2D eigenvalue weighted by atomic mass is 10.1. The van der Waals surface area contributed by atoms with Gasteiger partial charge in [0, 0.05) is 28.2 Å². The second kappa shape index (κ2) is 7.19. The monoisotopic (exact) mass is 377 g/mol. The topological polar surface area (TPSA) is 100 Å². The van der Waals surface area contributed by atoms with Crippen molar-refractivity contribution >= 4 is 28.4 Å². The summed E-state index contributed by atoms with van der Waals surface area (Å²) >= 11 is 0. The summed E-state index contributed by atoms with van der Waals surface area (Å²) in [4.78, 5) is 39.6. The number of pyridine rings is 1. The molecule has 0 unspecified atom stereocenters. The third-order valence-electron chi connectivity index (χ3n) is 4.61. The minimum atomic E-state index is -0.527. The van der Waals surface area contributed by atoms with Crippen LogP contribution < -0.4 is 20.9 Å². The summed E-state index contributed by atoms with van der Waals surface area (Å²) < 4.78 is 5.18. The summed E-state index contributed by atoms with van der Waals surface area (Å²) in [7, 11) is 1.55. The zero-order chi connectivity index (χ0) is 19.7. The first kappa shape index (κ1) is 17.8. The van der Waals surface area contributed by atoms with Gasteiger partial charge in [0.2, 0.25) is 0 Å². The van der Waals surface area contributed by atoms with Crippen LogP contribution >= 0.6 is 0 Å². The first-order valence-corrected chi connectivity index (χ1v) is 8.97. The Morgan fingerprint density at radius 3 is 2.46 bits per heavy atom. The van der Waals surface area contributed by atoms with Crippen molar-refractivity contribution in [3.8, 4) is 5.75 Å². The van der Waals surface area contributed by atoms with E-state index in [2.05, 4.69) is 15.6 Å². The van der Waals surface area contributed by atoms with Crippen molar-refractivity contribution in [1.29, 1.82) is 0 Å². The number of aromatic nitrogens is 1. The number of hydrogen-bond acceptors (Lipinski definition) is 4. The molecule has 3 N–H and O–H groups in total. The van der Waals surface area contributed by atoms with E-state index in [9.17, 15) is 14.4 Å². The van der Waals surface area contributed by atoms with Gasteiger partial charge in [0.1, 0.15) is 11.3 Å². The highest BCUT2D eigenvalue weighted by Gasteiger charge is 2.23. The van der Waals surface area contributed by atoms with Crippen LogP contribution in [0.25, 0.3) is 10.9 Å². The molecule has 4 rings (SSSR count). The highest BCUT2D eigenvalue weighted by molar-refractivity contribution is 6.06. The van der Waals surface area contributed by atoms with Crippen molar-refractivity contribution in [3.05, 3.63) is 70.0 Å². The predicted molar refractivity (Wildman–Crippen MR) is 106 cm³/mol. The first-order chi connectivity index (χ1) is 13.5. The molecular weight excluding hydrogens is 358 g/mol. The number of carbonyl (C=O) groups is 2. The number of hydrogen-bond donors (Lipinski definition) is 3. The quantitative estimate of drug-likeness (QED) is 0.636. The maximum atomic E-state index is 12.6. The molecule has 0 aliphatic heterocycles. The molecule has 0 spiro atoms. The second-order valence-electron chi connectivity index (χ2n) is 6.74. The van der Waals surface area contributed by atoms with E-state index in [4.69, 9.17) is 4.74 Å². The standard InChI is InChI=1S/C21H19N3O4/c1-28-16-8-9-18-13(10-16)11-17(21(27)24-18)20(26)23-14-4-2-12(3-5-14)19(25)22-15-6-7-15/h2-5,8-11,15H,6-7H2,1H3,(H,22,25)(H,23,26)(H,24,27). The van der Waals surface area contributed by atoms with E-state index in [0.717, 1.165) is 12.8 Å². The minimum Gasteiger partial charge on any atom is -0.497 e. The molecule has 142 valence electrons. The summed E-state index contributed by atoms with van der Waals surface area (Å²) in [5.74, 6) is -0.0209. The normalized spacial score (nSPS) is 13.2. The van der Waals surface area contributed by atoms with Crippen molar-refractivity contribution < 1.29 is 14.3 Å². The number of benzene rings is 2. The van der Waals surface area contributed by atoms with Crippen molar-refractivity contribution in [2.45, 2.75) is 18.9 Å². The number of aromatic amines is 1. The molecule has 7 heteroatoms. The smallest absolute Gasteiger partial charge is 0.261 e. The van der Waals surface area contributed by atoms with Crippen LogP contribution in [0.3, 0.4) is 0 Å². The Hall–Kier alpha value is -3.61. The molecule has 0 radical (unpaired) electrons. The molecule has 1 heterocycles. The first-order valence-electron chi connectivity index (χ1n) is 8.97. The van der Waals surface area contributed by atoms with Crippen LogP contribution in [0.2, 0.25) is 0 Å². The molecule has 7 nitrogen and oxygen atoms in total. The lowest BCUT2D eigenvalue weighted by Crippen LogP contribution is -2.25. The molecule has 1 aliphatic rings. The van der Waals surface area contributed by atoms with Gasteiger partial charge in [-0.2, -0.15) is 0 Å². The van der Waals surface area contributed by atoms with Crippen LogP contribution in [-0.2, 0) is 0 Å². The SMILES string of the molecule is COc1ccc2[nH]c(=O)c(C(=O)Nc3ccc(C(=O)NC4CC4)cc3)cc2c1. The highest BCUT2D eigenvalue weighted by Crippen LogP contribution is 2.21. The van der Waals surface area contributed by atoms with E-state index in [1.165, 1.54) is 6.07 Å². The molecule has 2 aromatic carbocycles. The second-order valence-corrected chi connectivity index (χ2v) is 6.74. The summed E-state index contributed by atoms with van der Waals surface area (Å²) in [5.41, 5.74) is 1.17. The van der Waals surface area contributed by atoms with E-state index in [1.807, 2.05) is 0 Å². The van der Waals surface area contributed by atoms with Gasteiger partial charge in [0.15, 0.2) is 0 Å². The molecule has 0 saturated heterocycles. The van der Waals surface area contributed by atoms with E-state index in [-0.39, 0.29) is 17.5 Å². The molecular formula is C21H19N3O4. The molecule has 1 saturated carbocycles. The molecule has 1 aliphatic carbocycles. The van der Waals surface area contributed by atoms with Gasteiger partial charge in [-0.15, -0.1) is 0 Å². The van der Waals surface area contributed by atoms with Crippen molar-refractivity contribution in [3.63, 3.8) is 0 Å². The summed E-state index contributed by atoms with van der Waals surface area (Å²) in [6, 6.07) is 13.6. The van der Waals surface area contributed by atoms with Crippen LogP contribution in [0.15, 0.2) is 53.3 Å². The molecule has 3 aromatic rings. The number of nitrogens with one attached hydrogen (secondary N) is 3. The third kappa shape index (κ3) is 3.73. The highest BCUT2D eigenvalue weighted by atomic mass is 16.5. The van der Waals surface area contributed by atoms with Crippen LogP contribution in [-0.4, -0.2) is 29.9 Å². The maximum absolute atomic E-state index is 12.6. The van der Waals surface area contributed by atoms with Gasteiger partial charge in [-0.25, -0.2) is 0 Å². The summed E-state index contributed by atoms with van der Waals surface area (Å²) in [6.07, 6.45) is 2.04. The number of methoxy groups -OCH3 is 1.